The number of hydrogen-bond donors (Lipinski definition) is 1. The van der Waals surface area contributed by atoms with Gasteiger partial charge in [-0.05, 0) is 31.0 Å². The Morgan fingerprint density at radius 1 is 1.30 bits per heavy atom. The lowest BCUT2D eigenvalue weighted by Crippen LogP contribution is -2.43. The second-order valence-electron chi connectivity index (χ2n) is 5.63. The highest BCUT2D eigenvalue weighted by Crippen LogP contribution is 2.19. The topological polar surface area (TPSA) is 75.0 Å². The molecular weight excluding hydrogens is 288 g/mol. The second kappa shape index (κ2) is 7.61. The molecule has 0 aliphatic rings. The van der Waals surface area contributed by atoms with Crippen LogP contribution in [0.1, 0.15) is 30.6 Å². The first-order chi connectivity index (χ1) is 11.0. The Morgan fingerprint density at radius 2 is 2.00 bits per heavy atom. The molecule has 5 heteroatoms. The molecule has 1 unspecified atom stereocenters. The van der Waals surface area contributed by atoms with Crippen LogP contribution in [0.25, 0.3) is 0 Å². The van der Waals surface area contributed by atoms with Crippen LogP contribution in [0.4, 0.5) is 0 Å². The van der Waals surface area contributed by atoms with Gasteiger partial charge < -0.3 is 15.2 Å². The molecule has 0 bridgehead atoms. The largest absolute Gasteiger partial charge is 0.339 e. The minimum absolute atomic E-state index is 0.0315. The van der Waals surface area contributed by atoms with Gasteiger partial charge in [0.05, 0.1) is 12.1 Å². The van der Waals surface area contributed by atoms with E-state index in [4.69, 9.17) is 11.0 Å². The summed E-state index contributed by atoms with van der Waals surface area (Å²) in [6, 6.07) is 14.9. The quantitative estimate of drug-likeness (QED) is 0.889. The molecule has 1 heterocycles. The smallest absolute Gasteiger partial charge is 0.239 e. The van der Waals surface area contributed by atoms with Gasteiger partial charge in [-0.25, -0.2) is 0 Å². The van der Waals surface area contributed by atoms with Gasteiger partial charge in [0.2, 0.25) is 5.91 Å². The van der Waals surface area contributed by atoms with Crippen LogP contribution in [0.3, 0.4) is 0 Å². The number of aromatic nitrogens is 1. The number of hydrogen-bond acceptors (Lipinski definition) is 3. The number of nitriles is 1. The fourth-order valence-electron chi connectivity index (χ4n) is 2.52. The van der Waals surface area contributed by atoms with Crippen LogP contribution < -0.4 is 5.73 Å². The van der Waals surface area contributed by atoms with E-state index >= 15 is 0 Å². The van der Waals surface area contributed by atoms with E-state index in [0.29, 0.717) is 18.7 Å². The van der Waals surface area contributed by atoms with Gasteiger partial charge in [0.15, 0.2) is 0 Å². The Kier molecular flexibility index (Phi) is 5.56. The molecule has 0 spiro atoms. The van der Waals surface area contributed by atoms with Crippen LogP contribution in [-0.4, -0.2) is 28.5 Å². The van der Waals surface area contributed by atoms with Crippen molar-refractivity contribution in [2.45, 2.75) is 32.0 Å². The van der Waals surface area contributed by atoms with Crippen LogP contribution >= 0.6 is 0 Å². The maximum Gasteiger partial charge on any atom is 0.239 e. The number of amides is 1. The van der Waals surface area contributed by atoms with Crippen molar-refractivity contribution in [2.24, 2.45) is 5.73 Å². The summed E-state index contributed by atoms with van der Waals surface area (Å²) in [6.45, 7) is 2.54. The summed E-state index contributed by atoms with van der Waals surface area (Å²) >= 11 is 0. The Balaban J connectivity index is 1.95. The molecule has 2 rings (SSSR count). The summed E-state index contributed by atoms with van der Waals surface area (Å²) in [5.41, 5.74) is 7.71. The van der Waals surface area contributed by atoms with Crippen LogP contribution in [0.5, 0.6) is 0 Å². The number of carbonyl (C=O) groups excluding carboxylic acids is 1. The Labute approximate surface area is 136 Å². The maximum absolute atomic E-state index is 12.5. The van der Waals surface area contributed by atoms with E-state index in [-0.39, 0.29) is 11.9 Å². The van der Waals surface area contributed by atoms with Gasteiger partial charge in [-0.15, -0.1) is 0 Å². The third-order valence-electron chi connectivity index (χ3n) is 4.15. The highest BCUT2D eigenvalue weighted by molar-refractivity contribution is 5.81. The number of nitrogens with zero attached hydrogens (tertiary/aromatic N) is 3. The Hall–Kier alpha value is -2.58. The third kappa shape index (κ3) is 3.99. The molecule has 0 saturated heterocycles. The summed E-state index contributed by atoms with van der Waals surface area (Å²) < 4.78 is 1.81. The molecule has 1 aromatic carbocycles. The first-order valence-electron chi connectivity index (χ1n) is 7.67. The molecule has 0 saturated carbocycles. The monoisotopic (exact) mass is 310 g/mol. The van der Waals surface area contributed by atoms with Crippen molar-refractivity contribution < 1.29 is 4.79 Å². The molecule has 1 aromatic heterocycles. The van der Waals surface area contributed by atoms with Gasteiger partial charge in [0.1, 0.15) is 11.8 Å². The predicted molar refractivity (Wildman–Crippen MR) is 89.4 cm³/mol. The van der Waals surface area contributed by atoms with Crippen molar-refractivity contribution in [1.29, 1.82) is 5.26 Å². The van der Waals surface area contributed by atoms with Crippen LogP contribution in [0.2, 0.25) is 0 Å². The Morgan fingerprint density at radius 3 is 2.65 bits per heavy atom. The highest BCUT2D eigenvalue weighted by atomic mass is 16.2. The summed E-state index contributed by atoms with van der Waals surface area (Å²) in [6.07, 6.45) is 2.32. The third-order valence-corrected chi connectivity index (χ3v) is 4.15. The molecule has 0 fully saturated rings. The van der Waals surface area contributed by atoms with E-state index in [9.17, 15) is 4.79 Å². The lowest BCUT2D eigenvalue weighted by Gasteiger charge is -2.28. The highest BCUT2D eigenvalue weighted by Gasteiger charge is 2.22. The number of carbonyl (C=O) groups is 1. The van der Waals surface area contributed by atoms with Crippen molar-refractivity contribution in [3.05, 3.63) is 59.9 Å². The predicted octanol–water partition coefficient (Wildman–Crippen LogP) is 2.30. The minimum Gasteiger partial charge on any atom is -0.339 e. The first kappa shape index (κ1) is 16.8. The van der Waals surface area contributed by atoms with Crippen molar-refractivity contribution in [1.82, 2.24) is 9.47 Å². The van der Waals surface area contributed by atoms with Gasteiger partial charge in [0, 0.05) is 19.8 Å². The van der Waals surface area contributed by atoms with Crippen LogP contribution in [0.15, 0.2) is 48.7 Å². The number of benzene rings is 1. The van der Waals surface area contributed by atoms with Crippen LogP contribution in [-0.2, 0) is 11.3 Å². The van der Waals surface area contributed by atoms with E-state index in [2.05, 4.69) is 6.07 Å². The summed E-state index contributed by atoms with van der Waals surface area (Å²) in [4.78, 5) is 14.2. The van der Waals surface area contributed by atoms with Crippen molar-refractivity contribution in [2.75, 3.05) is 7.05 Å². The normalized spacial score (nSPS) is 13.1. The minimum atomic E-state index is -0.583. The van der Waals surface area contributed by atoms with Crippen molar-refractivity contribution >= 4 is 5.91 Å². The van der Waals surface area contributed by atoms with Crippen LogP contribution in [0, 0.1) is 11.3 Å². The molecule has 1 amide bonds. The molecule has 2 N–H and O–H groups in total. The van der Waals surface area contributed by atoms with Crippen molar-refractivity contribution in [3.63, 3.8) is 0 Å². The average molecular weight is 310 g/mol. The fraction of sp³-hybridized carbons (Fsp3) is 0.333. The zero-order valence-electron chi connectivity index (χ0n) is 13.5. The Bertz CT molecular complexity index is 687. The molecular formula is C18H22N4O. The average Bonchev–Trinajstić information content (AvgIpc) is 3.06. The maximum atomic E-state index is 12.5. The van der Waals surface area contributed by atoms with Gasteiger partial charge in [-0.3, -0.25) is 4.79 Å². The van der Waals surface area contributed by atoms with Gasteiger partial charge >= 0.3 is 0 Å². The van der Waals surface area contributed by atoms with Gasteiger partial charge in [0.25, 0.3) is 0 Å². The summed E-state index contributed by atoms with van der Waals surface area (Å²) in [7, 11) is 1.77. The molecule has 120 valence electrons. The summed E-state index contributed by atoms with van der Waals surface area (Å²) in [5, 5.41) is 8.99. The van der Waals surface area contributed by atoms with Gasteiger partial charge in [-0.2, -0.15) is 5.26 Å². The summed E-state index contributed by atoms with van der Waals surface area (Å²) in [5.74, 6) is -0.0907. The second-order valence-corrected chi connectivity index (χ2v) is 5.63. The lowest BCUT2D eigenvalue weighted by atomic mass is 10.1. The molecule has 0 aliphatic heterocycles. The molecule has 2 atom stereocenters. The number of rotatable bonds is 6. The molecule has 5 nitrogen and oxygen atoms in total. The van der Waals surface area contributed by atoms with E-state index in [0.717, 1.165) is 5.56 Å². The zero-order valence-corrected chi connectivity index (χ0v) is 13.5. The van der Waals surface area contributed by atoms with E-state index in [1.54, 1.807) is 18.0 Å². The number of nitrogens with two attached hydrogens (primary N) is 1. The molecule has 23 heavy (non-hydrogen) atoms. The molecule has 0 aliphatic carbocycles. The van der Waals surface area contributed by atoms with Crippen molar-refractivity contribution in [3.8, 4) is 6.07 Å². The molecule has 2 aromatic rings. The SMILES string of the molecule is C[C@H](c1ccccc1)N(C)C(=O)C(N)CCn1cccc1C#N. The fourth-order valence-corrected chi connectivity index (χ4v) is 2.52. The molecule has 0 radical (unpaired) electrons. The standard InChI is InChI=1S/C18H22N4O/c1-14(15-7-4-3-5-8-15)21(2)18(23)17(20)10-12-22-11-6-9-16(22)13-19/h3-9,11,14,17H,10,12,20H2,1-2H3/t14-,17?/m1/s1. The number of aryl methyl sites for hydroxylation is 1. The number of likely N-dealkylation sites (N-methyl/N-ethyl adjacent to an activating group) is 1. The first-order valence-corrected chi connectivity index (χ1v) is 7.67. The zero-order chi connectivity index (χ0) is 16.8. The van der Waals surface area contributed by atoms with Gasteiger partial charge in [-0.1, -0.05) is 30.3 Å². The van der Waals surface area contributed by atoms with E-state index < -0.39 is 6.04 Å². The van der Waals surface area contributed by atoms with E-state index in [1.807, 2.05) is 54.1 Å². The lowest BCUT2D eigenvalue weighted by molar-refractivity contribution is -0.133. The van der Waals surface area contributed by atoms with E-state index in [1.165, 1.54) is 0 Å².